The Morgan fingerprint density at radius 1 is 0.408 bits per heavy atom. The number of carbonyl (C=O) groups is 6. The van der Waals surface area contributed by atoms with Gasteiger partial charge in [0.05, 0.1) is 18.7 Å². The molecule has 6 heterocycles. The van der Waals surface area contributed by atoms with E-state index in [1.807, 2.05) is 41.5 Å². The molecule has 6 aliphatic heterocycles. The van der Waals surface area contributed by atoms with Crippen LogP contribution in [-0.4, -0.2) is 199 Å². The van der Waals surface area contributed by atoms with Crippen molar-refractivity contribution in [1.29, 1.82) is 0 Å². The summed E-state index contributed by atoms with van der Waals surface area (Å²) in [4.78, 5) is 91.0. The van der Waals surface area contributed by atoms with Crippen molar-refractivity contribution in [2.24, 2.45) is 32.2 Å². The highest BCUT2D eigenvalue weighted by molar-refractivity contribution is 7.92. The van der Waals surface area contributed by atoms with E-state index in [1.165, 1.54) is 43.8 Å². The van der Waals surface area contributed by atoms with Crippen molar-refractivity contribution < 1.29 is 67.9 Å². The number of primary amides is 3. The summed E-state index contributed by atoms with van der Waals surface area (Å²) >= 11 is 9.53. The van der Waals surface area contributed by atoms with Gasteiger partial charge in [0.2, 0.25) is 30.1 Å². The highest BCUT2D eigenvalue weighted by Crippen LogP contribution is 2.37. The maximum absolute atomic E-state index is 13.1. The average Bonchev–Trinajstić information content (AvgIpc) is 1.62. The molecule has 28 nitrogen and oxygen atoms in total. The van der Waals surface area contributed by atoms with Crippen molar-refractivity contribution in [1.82, 2.24) is 28.9 Å². The smallest absolute Gasteiger partial charge is 0.318 e. The second kappa shape index (κ2) is 48.3. The molecule has 0 aliphatic carbocycles. The van der Waals surface area contributed by atoms with Crippen molar-refractivity contribution in [3.63, 3.8) is 0 Å². The highest BCUT2D eigenvalue weighted by Gasteiger charge is 2.50. The lowest BCUT2D eigenvalue weighted by Crippen LogP contribution is -2.50. The number of benzene rings is 3. The van der Waals surface area contributed by atoms with Gasteiger partial charge in [-0.15, -0.1) is 23.2 Å². The number of rotatable bonds is 39. The number of amides is 9. The van der Waals surface area contributed by atoms with Crippen LogP contribution in [0.25, 0.3) is 18.2 Å². The lowest BCUT2D eigenvalue weighted by Gasteiger charge is -2.34. The summed E-state index contributed by atoms with van der Waals surface area (Å²) in [7, 11) is -6.33. The number of nitrogens with two attached hydrogens (primary N) is 3. The second-order valence-corrected chi connectivity index (χ2v) is 38.2. The van der Waals surface area contributed by atoms with Crippen LogP contribution >= 0.6 is 23.2 Å². The molecular weight excluding hydrogens is 1640 g/mol. The Morgan fingerprint density at radius 3 is 0.808 bits per heavy atom. The Bertz CT molecular complexity index is 4030. The molecule has 3 spiro atoms. The van der Waals surface area contributed by atoms with Gasteiger partial charge in [-0.2, -0.15) is 12.9 Å². The van der Waals surface area contributed by atoms with E-state index in [0.29, 0.717) is 98.8 Å². The lowest BCUT2D eigenvalue weighted by atomic mass is 9.89. The van der Waals surface area contributed by atoms with Crippen molar-refractivity contribution in [2.45, 2.75) is 251 Å². The molecule has 0 bridgehead atoms. The van der Waals surface area contributed by atoms with Gasteiger partial charge in [-0.25, -0.2) is 39.6 Å². The molecule has 3 aromatic rings. The summed E-state index contributed by atoms with van der Waals surface area (Å²) in [5, 5.41) is 21.4. The van der Waals surface area contributed by atoms with E-state index in [0.717, 1.165) is 178 Å². The molecule has 0 atom stereocenters. The molecule has 120 heavy (non-hydrogen) atoms. The minimum absolute atomic E-state index is 0.124. The van der Waals surface area contributed by atoms with Gasteiger partial charge >= 0.3 is 18.1 Å². The molecule has 3 aromatic carbocycles. The molecule has 0 aromatic heterocycles. The number of nitrogens with zero attached hydrogens (tertiary/aromatic N) is 9. The first-order valence-electron chi connectivity index (χ1n) is 41.9. The van der Waals surface area contributed by atoms with Crippen LogP contribution in [0.3, 0.4) is 0 Å². The van der Waals surface area contributed by atoms with E-state index in [1.54, 1.807) is 75.8 Å². The number of halogens is 4. The second-order valence-electron chi connectivity index (χ2n) is 31.9. The summed E-state index contributed by atoms with van der Waals surface area (Å²) in [6, 6.07) is 9.02. The van der Waals surface area contributed by atoms with Crippen LogP contribution in [0.2, 0.25) is 0 Å². The number of aryl methyl sites for hydroxylation is 6. The Labute approximate surface area is 720 Å². The average molecular weight is 1770 g/mol. The van der Waals surface area contributed by atoms with Crippen molar-refractivity contribution in [3.8, 4) is 0 Å². The number of sulfonamides is 3. The van der Waals surface area contributed by atoms with E-state index in [4.69, 9.17) is 60.5 Å². The summed E-state index contributed by atoms with van der Waals surface area (Å²) in [5.74, 6) is 1.72. The monoisotopic (exact) mass is 1770 g/mol. The van der Waals surface area contributed by atoms with Crippen LogP contribution in [0.1, 0.15) is 243 Å². The van der Waals surface area contributed by atoms with Gasteiger partial charge in [-0.1, -0.05) is 96.3 Å². The number of amidine groups is 3. The Morgan fingerprint density at radius 2 is 0.608 bits per heavy atom. The third-order valence-electron chi connectivity index (χ3n) is 23.1. The Kier molecular flexibility index (Phi) is 40.7. The van der Waals surface area contributed by atoms with Gasteiger partial charge in [-0.3, -0.25) is 52.8 Å². The molecule has 10 N–H and O–H groups in total. The molecule has 9 rings (SSSR count). The van der Waals surface area contributed by atoms with Crippen molar-refractivity contribution in [2.75, 3.05) is 100 Å². The van der Waals surface area contributed by atoms with Gasteiger partial charge in [-0.05, 0) is 223 Å². The maximum Gasteiger partial charge on any atom is 0.318 e. The van der Waals surface area contributed by atoms with Crippen LogP contribution in [-0.2, 0) is 44.5 Å². The molecule has 0 saturated carbocycles. The van der Waals surface area contributed by atoms with Crippen molar-refractivity contribution in [3.05, 3.63) is 103 Å². The predicted molar refractivity (Wildman–Crippen MR) is 479 cm³/mol. The number of nitrogens with one attached hydrogen (secondary N) is 3. The molecule has 0 radical (unpaired) electrons. The predicted octanol–water partition coefficient (Wildman–Crippen LogP) is 14.2. The SMILES string of the molecule is Cc1cc(N(C)C(N)=O)cc(C)c1/C=C/S(=O)(=O)N1CCC2(CC1)N=C(CCCCCCCCCF)NC2=O.Cc1cc(N(C)C(N)=O)cc(C)c1/C=C/S(=O)(=O)N1CCC2(CC1)N=C(CCCCCCCCCO)NC2=O.Cc1cc(N(C)C(N)=O)cc(C)c1/C=C\S(=O)(=O)N1CCC2(CC1)N=C(CCCCCCCCCF)NC2=O.ClCCl. The molecule has 3 fully saturated rings. The number of alkyl halides is 4. The van der Waals surface area contributed by atoms with Gasteiger partial charge < -0.3 is 38.3 Å². The molecule has 9 amide bonds. The highest BCUT2D eigenvalue weighted by atomic mass is 35.5. The fourth-order valence-corrected chi connectivity index (χ4v) is 19.1. The van der Waals surface area contributed by atoms with E-state index in [2.05, 4.69) is 16.0 Å². The maximum atomic E-state index is 13.1. The first-order chi connectivity index (χ1) is 56.9. The number of aliphatic imine (C=N–C) groups is 3. The quantitative estimate of drug-likeness (QED) is 0.0206. The number of hydrogen-bond acceptors (Lipinski definition) is 16. The van der Waals surface area contributed by atoms with Crippen LogP contribution in [0.4, 0.5) is 40.2 Å². The van der Waals surface area contributed by atoms with E-state index in [-0.39, 0.29) is 82.3 Å². The van der Waals surface area contributed by atoms with E-state index >= 15 is 0 Å². The van der Waals surface area contributed by atoms with Gasteiger partial charge in [0.15, 0.2) is 0 Å². The summed E-state index contributed by atoms with van der Waals surface area (Å²) in [5.41, 5.74) is 22.6. The number of piperidine rings is 3. The fraction of sp³-hybridized carbons (Fsp3) is 0.612. The summed E-state index contributed by atoms with van der Waals surface area (Å²) in [6.07, 6.45) is 29.9. The van der Waals surface area contributed by atoms with Crippen molar-refractivity contribution >= 4 is 142 Å². The largest absolute Gasteiger partial charge is 0.396 e. The van der Waals surface area contributed by atoms with Gasteiger partial charge in [0.1, 0.15) is 34.1 Å². The Balaban J connectivity index is 0.000000274. The zero-order chi connectivity index (χ0) is 88.6. The fourth-order valence-electron chi connectivity index (χ4n) is 15.6. The number of anilines is 3. The van der Waals surface area contributed by atoms with Crippen LogP contribution in [0, 0.1) is 41.5 Å². The molecule has 668 valence electrons. The number of hydrogen-bond donors (Lipinski definition) is 7. The van der Waals surface area contributed by atoms with Gasteiger partial charge in [0.25, 0.3) is 17.7 Å². The summed E-state index contributed by atoms with van der Waals surface area (Å²) in [6.45, 7) is 12.2. The van der Waals surface area contributed by atoms with Crippen LogP contribution in [0.15, 0.2) is 67.6 Å². The molecular formula is C85H129Cl2F2N15O13S3. The molecule has 0 unspecified atom stereocenters. The third kappa shape index (κ3) is 29.5. The minimum Gasteiger partial charge on any atom is -0.396 e. The van der Waals surface area contributed by atoms with E-state index < -0.39 is 64.8 Å². The first kappa shape index (κ1) is 101. The van der Waals surface area contributed by atoms with E-state index in [9.17, 15) is 62.8 Å². The minimum atomic E-state index is -3.69. The molecule has 35 heteroatoms. The zero-order valence-electron chi connectivity index (χ0n) is 71.6. The molecule has 6 aliphatic rings. The Hall–Kier alpha value is -7.76. The van der Waals surface area contributed by atoms with Crippen LogP contribution < -0.4 is 47.9 Å². The first-order valence-corrected chi connectivity index (χ1v) is 47.5. The number of aliphatic hydroxyl groups is 1. The summed E-state index contributed by atoms with van der Waals surface area (Å²) < 4.78 is 107. The van der Waals surface area contributed by atoms with Gasteiger partial charge in [0, 0.05) is 120 Å². The third-order valence-corrected chi connectivity index (χ3v) is 27.8. The number of carbonyl (C=O) groups excluding carboxylic acids is 6. The molecule has 3 saturated heterocycles. The number of urea groups is 3. The van der Waals surface area contributed by atoms with Crippen LogP contribution in [0.5, 0.6) is 0 Å². The number of aliphatic hydroxyl groups excluding tert-OH is 1. The topological polar surface area (TPSA) is 396 Å². The standard InChI is InChI=1S/2C28H42FN5O4S.C28H43N5O5S.CH2Cl2/c2*1-21-19-23(33(3)27(30)36)20-22(2)24(21)12-18-39(37,38)34-16-13-28(14-17-34)26(35)31-25(32-28)11-9-7-5-4-6-8-10-15-29;1-21-19-23(32(3)27(29)36)20-22(2)24(21)12-18-39(37,38)33-15-13-28(14-16-33)26(35)30-25(31-28)11-9-7-5-4-6-8-10-17-34;2-1-3/h2*12,18-20H,4-11,13-17H2,1-3H3,(H2,30,36)(H,31,32,35);12,18-20,34H,4-11,13-17H2,1-3H3,(H2,29,36)(H,30,31,35);1H2/b18-12+;18-12-;18-12+;. The number of unbranched alkanes of at least 4 members (excludes halogenated alkanes) is 18. The normalized spacial score (nSPS) is 17.2. The zero-order valence-corrected chi connectivity index (χ0v) is 75.5. The lowest BCUT2D eigenvalue weighted by molar-refractivity contribution is -0.125.